The van der Waals surface area contributed by atoms with Gasteiger partial charge >= 0.3 is 6.18 Å². The summed E-state index contributed by atoms with van der Waals surface area (Å²) in [7, 11) is 0. The molecule has 0 amide bonds. The lowest BCUT2D eigenvalue weighted by Gasteiger charge is -2.10. The van der Waals surface area contributed by atoms with E-state index in [2.05, 4.69) is 5.32 Å². The summed E-state index contributed by atoms with van der Waals surface area (Å²) < 4.78 is 40.6. The van der Waals surface area contributed by atoms with E-state index in [4.69, 9.17) is 16.3 Å². The standard InChI is InChI=1S/C11H13ClF3NO/c1-8-2-3-10(9(12)6-8)17-5-4-16-7-11(13,14)15/h2-3,6,16H,4-5,7H2,1H3. The molecule has 1 aromatic carbocycles. The fourth-order valence-electron chi connectivity index (χ4n) is 1.19. The minimum Gasteiger partial charge on any atom is -0.491 e. The molecule has 0 bridgehead atoms. The molecule has 2 nitrogen and oxygen atoms in total. The lowest BCUT2D eigenvalue weighted by atomic mass is 10.2. The van der Waals surface area contributed by atoms with E-state index in [1.807, 2.05) is 13.0 Å². The van der Waals surface area contributed by atoms with Crippen LogP contribution in [-0.2, 0) is 0 Å². The Morgan fingerprint density at radius 2 is 2.06 bits per heavy atom. The van der Waals surface area contributed by atoms with Gasteiger partial charge in [-0.15, -0.1) is 0 Å². The third-order valence-corrected chi connectivity index (χ3v) is 2.24. The number of ether oxygens (including phenoxy) is 1. The highest BCUT2D eigenvalue weighted by molar-refractivity contribution is 6.32. The van der Waals surface area contributed by atoms with Crippen LogP contribution in [0.25, 0.3) is 0 Å². The molecule has 6 heteroatoms. The van der Waals surface area contributed by atoms with Gasteiger partial charge < -0.3 is 10.1 Å². The normalized spacial score (nSPS) is 11.6. The number of rotatable bonds is 5. The smallest absolute Gasteiger partial charge is 0.401 e. The van der Waals surface area contributed by atoms with Gasteiger partial charge in [-0.2, -0.15) is 13.2 Å². The molecule has 0 heterocycles. The minimum absolute atomic E-state index is 0.115. The van der Waals surface area contributed by atoms with Crippen LogP contribution in [0.15, 0.2) is 18.2 Å². The van der Waals surface area contributed by atoms with Crippen molar-refractivity contribution in [3.05, 3.63) is 28.8 Å². The summed E-state index contributed by atoms with van der Waals surface area (Å²) in [6.07, 6.45) is -4.19. The Morgan fingerprint density at radius 3 is 2.65 bits per heavy atom. The molecule has 1 aromatic rings. The number of hydrogen-bond donors (Lipinski definition) is 1. The number of hydrogen-bond acceptors (Lipinski definition) is 2. The van der Waals surface area contributed by atoms with E-state index >= 15 is 0 Å². The zero-order valence-corrected chi connectivity index (χ0v) is 10.0. The molecule has 96 valence electrons. The third-order valence-electron chi connectivity index (χ3n) is 1.95. The van der Waals surface area contributed by atoms with E-state index in [0.717, 1.165) is 5.56 Å². The molecule has 0 aromatic heterocycles. The van der Waals surface area contributed by atoms with Crippen LogP contribution in [-0.4, -0.2) is 25.9 Å². The molecule has 0 spiro atoms. The van der Waals surface area contributed by atoms with Gasteiger partial charge in [0.25, 0.3) is 0 Å². The van der Waals surface area contributed by atoms with Crippen LogP contribution < -0.4 is 10.1 Å². The largest absolute Gasteiger partial charge is 0.491 e. The Bertz CT molecular complexity index is 368. The maximum absolute atomic E-state index is 11.8. The van der Waals surface area contributed by atoms with Crippen LogP contribution >= 0.6 is 11.6 Å². The molecule has 0 saturated heterocycles. The van der Waals surface area contributed by atoms with Crippen LogP contribution in [0.1, 0.15) is 5.56 Å². The second kappa shape index (κ2) is 6.12. The number of benzene rings is 1. The zero-order valence-electron chi connectivity index (χ0n) is 9.27. The minimum atomic E-state index is -4.19. The number of nitrogens with one attached hydrogen (secondary N) is 1. The Labute approximate surface area is 103 Å². The maximum atomic E-state index is 11.8. The highest BCUT2D eigenvalue weighted by atomic mass is 35.5. The van der Waals surface area contributed by atoms with Crippen molar-refractivity contribution in [1.29, 1.82) is 0 Å². The van der Waals surface area contributed by atoms with E-state index in [1.165, 1.54) is 0 Å². The Morgan fingerprint density at radius 1 is 1.35 bits per heavy atom. The monoisotopic (exact) mass is 267 g/mol. The van der Waals surface area contributed by atoms with Crippen LogP contribution in [0.4, 0.5) is 13.2 Å². The molecule has 17 heavy (non-hydrogen) atoms. The van der Waals surface area contributed by atoms with Crippen LogP contribution in [0.3, 0.4) is 0 Å². The molecule has 0 atom stereocenters. The third kappa shape index (κ3) is 5.79. The summed E-state index contributed by atoms with van der Waals surface area (Å²) in [5, 5.41) is 2.69. The van der Waals surface area contributed by atoms with Crippen LogP contribution in [0.2, 0.25) is 5.02 Å². The fourth-order valence-corrected chi connectivity index (χ4v) is 1.48. The second-order valence-electron chi connectivity index (χ2n) is 3.57. The molecule has 0 fully saturated rings. The summed E-state index contributed by atoms with van der Waals surface area (Å²) in [4.78, 5) is 0. The van der Waals surface area contributed by atoms with Gasteiger partial charge in [0.1, 0.15) is 12.4 Å². The van der Waals surface area contributed by atoms with Gasteiger partial charge in [-0.05, 0) is 24.6 Å². The van der Waals surface area contributed by atoms with E-state index in [9.17, 15) is 13.2 Å². The summed E-state index contributed by atoms with van der Waals surface area (Å²) in [5.41, 5.74) is 0.998. The predicted octanol–water partition coefficient (Wildman–Crippen LogP) is 3.18. The van der Waals surface area contributed by atoms with Crippen molar-refractivity contribution >= 4 is 11.6 Å². The van der Waals surface area contributed by atoms with Crippen molar-refractivity contribution in [1.82, 2.24) is 5.32 Å². The van der Waals surface area contributed by atoms with Gasteiger partial charge in [0, 0.05) is 6.54 Å². The van der Waals surface area contributed by atoms with E-state index in [-0.39, 0.29) is 13.2 Å². The molecule has 0 aliphatic carbocycles. The van der Waals surface area contributed by atoms with E-state index in [0.29, 0.717) is 10.8 Å². The molecular formula is C11H13ClF3NO. The Balaban J connectivity index is 2.27. The molecule has 0 radical (unpaired) electrons. The predicted molar refractivity (Wildman–Crippen MR) is 60.6 cm³/mol. The molecule has 0 aliphatic heterocycles. The SMILES string of the molecule is Cc1ccc(OCCNCC(F)(F)F)c(Cl)c1. The molecule has 0 unspecified atom stereocenters. The molecule has 1 N–H and O–H groups in total. The van der Waals surface area contributed by atoms with Gasteiger partial charge in [-0.3, -0.25) is 0 Å². The molecular weight excluding hydrogens is 255 g/mol. The van der Waals surface area contributed by atoms with Crippen molar-refractivity contribution < 1.29 is 17.9 Å². The van der Waals surface area contributed by atoms with Crippen molar-refractivity contribution in [2.24, 2.45) is 0 Å². The quantitative estimate of drug-likeness (QED) is 0.828. The highest BCUT2D eigenvalue weighted by Crippen LogP contribution is 2.24. The maximum Gasteiger partial charge on any atom is 0.401 e. The first kappa shape index (κ1) is 14.1. The number of aryl methyl sites for hydroxylation is 1. The highest BCUT2D eigenvalue weighted by Gasteiger charge is 2.25. The van der Waals surface area contributed by atoms with Crippen molar-refractivity contribution in [3.8, 4) is 5.75 Å². The molecule has 0 aliphatic rings. The summed E-state index contributed by atoms with van der Waals surface area (Å²) in [5.74, 6) is 0.478. The summed E-state index contributed by atoms with van der Waals surface area (Å²) >= 11 is 5.89. The van der Waals surface area contributed by atoms with Crippen LogP contribution in [0.5, 0.6) is 5.75 Å². The van der Waals surface area contributed by atoms with Gasteiger partial charge in [-0.25, -0.2) is 0 Å². The number of alkyl halides is 3. The fraction of sp³-hybridized carbons (Fsp3) is 0.455. The van der Waals surface area contributed by atoms with Gasteiger partial charge in [0.2, 0.25) is 0 Å². The van der Waals surface area contributed by atoms with E-state index in [1.54, 1.807) is 12.1 Å². The van der Waals surface area contributed by atoms with Crippen molar-refractivity contribution in [2.75, 3.05) is 19.7 Å². The average molecular weight is 268 g/mol. The lowest BCUT2D eigenvalue weighted by Crippen LogP contribution is -2.31. The first-order valence-corrected chi connectivity index (χ1v) is 5.43. The first-order valence-electron chi connectivity index (χ1n) is 5.05. The van der Waals surface area contributed by atoms with Crippen molar-refractivity contribution in [2.45, 2.75) is 13.1 Å². The average Bonchev–Trinajstić information content (AvgIpc) is 2.18. The summed E-state index contributed by atoms with van der Waals surface area (Å²) in [6.45, 7) is 1.13. The topological polar surface area (TPSA) is 21.3 Å². The van der Waals surface area contributed by atoms with Gasteiger partial charge in [-0.1, -0.05) is 17.7 Å². The molecule has 0 saturated carbocycles. The molecule has 1 rings (SSSR count). The first-order chi connectivity index (χ1) is 7.88. The van der Waals surface area contributed by atoms with E-state index < -0.39 is 12.7 Å². The Hall–Kier alpha value is -0.940. The lowest BCUT2D eigenvalue weighted by molar-refractivity contribution is -0.124. The Kier molecular flexibility index (Phi) is 5.08. The van der Waals surface area contributed by atoms with Crippen LogP contribution in [0, 0.1) is 6.92 Å². The summed E-state index contributed by atoms with van der Waals surface area (Å²) in [6, 6.07) is 5.26. The zero-order chi connectivity index (χ0) is 12.9. The number of halogens is 4. The second-order valence-corrected chi connectivity index (χ2v) is 3.98. The van der Waals surface area contributed by atoms with Gasteiger partial charge in [0.05, 0.1) is 11.6 Å². The van der Waals surface area contributed by atoms with Crippen molar-refractivity contribution in [3.63, 3.8) is 0 Å². The van der Waals surface area contributed by atoms with Gasteiger partial charge in [0.15, 0.2) is 0 Å².